The molecule has 0 spiro atoms. The summed E-state index contributed by atoms with van der Waals surface area (Å²) in [6.45, 7) is 0. The maximum Gasteiger partial charge on any atom is 0.433 e. The number of nitrogens with zero attached hydrogens (tertiary/aromatic N) is 5. The van der Waals surface area contributed by atoms with Crippen LogP contribution in [0.4, 0.5) is 19.0 Å². The van der Waals surface area contributed by atoms with Gasteiger partial charge in [0.1, 0.15) is 11.5 Å². The molecule has 0 saturated carbocycles. The minimum Gasteiger partial charge on any atom is -0.384 e. The van der Waals surface area contributed by atoms with Crippen LogP contribution >= 0.6 is 11.6 Å². The summed E-state index contributed by atoms with van der Waals surface area (Å²) in [6, 6.07) is 10.2. The van der Waals surface area contributed by atoms with Crippen molar-refractivity contribution in [2.24, 2.45) is 0 Å². The Morgan fingerprint density at radius 3 is 2.28 bits per heavy atom. The van der Waals surface area contributed by atoms with Crippen molar-refractivity contribution in [3.8, 4) is 34.4 Å². The number of nitrogen functional groups attached to an aromatic ring is 1. The molecule has 3 aromatic heterocycles. The van der Waals surface area contributed by atoms with Crippen LogP contribution in [0.3, 0.4) is 0 Å². The van der Waals surface area contributed by atoms with E-state index in [9.17, 15) is 13.2 Å². The van der Waals surface area contributed by atoms with Gasteiger partial charge in [-0.1, -0.05) is 28.9 Å². The van der Waals surface area contributed by atoms with E-state index in [2.05, 4.69) is 25.1 Å². The maximum atomic E-state index is 13.4. The van der Waals surface area contributed by atoms with Gasteiger partial charge in [-0.2, -0.15) is 18.2 Å². The molecular formula is C18H10ClF3N6O. The van der Waals surface area contributed by atoms with Crippen LogP contribution in [0.15, 0.2) is 53.2 Å². The Morgan fingerprint density at radius 2 is 1.62 bits per heavy atom. The molecule has 29 heavy (non-hydrogen) atoms. The zero-order valence-electron chi connectivity index (χ0n) is 14.4. The first-order valence-corrected chi connectivity index (χ1v) is 8.45. The Morgan fingerprint density at radius 1 is 0.897 bits per heavy atom. The lowest BCUT2D eigenvalue weighted by Gasteiger charge is -2.09. The number of hydrogen-bond acceptors (Lipinski definition) is 7. The Labute approximate surface area is 166 Å². The first kappa shape index (κ1) is 18.8. The fourth-order valence-electron chi connectivity index (χ4n) is 2.42. The van der Waals surface area contributed by atoms with E-state index in [1.165, 1.54) is 12.3 Å². The summed E-state index contributed by atoms with van der Waals surface area (Å²) in [4.78, 5) is 15.7. The highest BCUT2D eigenvalue weighted by atomic mass is 35.5. The monoisotopic (exact) mass is 418 g/mol. The molecule has 4 aromatic rings. The second-order valence-electron chi connectivity index (χ2n) is 5.86. The van der Waals surface area contributed by atoms with E-state index in [-0.39, 0.29) is 23.2 Å². The number of hydrogen-bond donors (Lipinski definition) is 1. The molecule has 0 amide bonds. The highest BCUT2D eigenvalue weighted by Crippen LogP contribution is 2.32. The van der Waals surface area contributed by atoms with Crippen molar-refractivity contribution >= 4 is 17.4 Å². The van der Waals surface area contributed by atoms with E-state index >= 15 is 0 Å². The summed E-state index contributed by atoms with van der Waals surface area (Å²) in [6.07, 6.45) is -3.29. The number of alkyl halides is 3. The van der Waals surface area contributed by atoms with Gasteiger partial charge in [0.15, 0.2) is 0 Å². The second kappa shape index (κ2) is 7.13. The van der Waals surface area contributed by atoms with Gasteiger partial charge in [-0.25, -0.2) is 15.0 Å². The maximum absolute atomic E-state index is 13.4. The van der Waals surface area contributed by atoms with Gasteiger partial charge in [0, 0.05) is 16.8 Å². The number of nitrogens with two attached hydrogens (primary N) is 1. The third kappa shape index (κ3) is 4.02. The quantitative estimate of drug-likeness (QED) is 0.522. The third-order valence-corrected chi connectivity index (χ3v) is 4.07. The fraction of sp³-hybridized carbons (Fsp3) is 0.0556. The molecule has 11 heteroatoms. The van der Waals surface area contributed by atoms with Gasteiger partial charge in [0.05, 0.1) is 11.3 Å². The molecule has 0 radical (unpaired) electrons. The highest BCUT2D eigenvalue weighted by molar-refractivity contribution is 6.30. The Kier molecular flexibility index (Phi) is 4.63. The fourth-order valence-corrected chi connectivity index (χ4v) is 2.55. The van der Waals surface area contributed by atoms with E-state index in [1.54, 1.807) is 30.3 Å². The largest absolute Gasteiger partial charge is 0.433 e. The van der Waals surface area contributed by atoms with Crippen LogP contribution in [-0.4, -0.2) is 25.1 Å². The van der Waals surface area contributed by atoms with Crippen molar-refractivity contribution < 1.29 is 17.7 Å². The predicted molar refractivity (Wildman–Crippen MR) is 98.4 cm³/mol. The normalized spacial score (nSPS) is 11.6. The van der Waals surface area contributed by atoms with Crippen molar-refractivity contribution in [3.05, 3.63) is 59.4 Å². The van der Waals surface area contributed by atoms with Crippen LogP contribution in [0.2, 0.25) is 5.02 Å². The minimum atomic E-state index is -4.69. The molecule has 1 aromatic carbocycles. The summed E-state index contributed by atoms with van der Waals surface area (Å²) in [5, 5.41) is 4.14. The van der Waals surface area contributed by atoms with Crippen LogP contribution in [0, 0.1) is 0 Å². The molecule has 0 aliphatic carbocycles. The van der Waals surface area contributed by atoms with Gasteiger partial charge in [-0.05, 0) is 30.3 Å². The topological polar surface area (TPSA) is 104 Å². The molecule has 4 rings (SSSR count). The first-order valence-electron chi connectivity index (χ1n) is 8.08. The SMILES string of the molecule is Nc1ccc(-c2nc(-c3nc(-c4ccc(Cl)cc4)cc(C(F)(F)F)n3)no2)cn1. The van der Waals surface area contributed by atoms with Crippen LogP contribution in [0.1, 0.15) is 5.69 Å². The first-order chi connectivity index (χ1) is 13.8. The van der Waals surface area contributed by atoms with Gasteiger partial charge in [-0.15, -0.1) is 0 Å². The number of anilines is 1. The number of aromatic nitrogens is 5. The van der Waals surface area contributed by atoms with Crippen LogP contribution in [0.25, 0.3) is 34.4 Å². The summed E-state index contributed by atoms with van der Waals surface area (Å²) in [5.74, 6) is -0.190. The van der Waals surface area contributed by atoms with Crippen molar-refractivity contribution in [1.82, 2.24) is 25.1 Å². The van der Waals surface area contributed by atoms with E-state index in [1.807, 2.05) is 0 Å². The molecule has 146 valence electrons. The molecule has 0 unspecified atom stereocenters. The van der Waals surface area contributed by atoms with Crippen LogP contribution < -0.4 is 5.73 Å². The van der Waals surface area contributed by atoms with Gasteiger partial charge in [-0.3, -0.25) is 0 Å². The summed E-state index contributed by atoms with van der Waals surface area (Å²) < 4.78 is 45.2. The molecule has 0 aliphatic rings. The molecule has 0 saturated heterocycles. The molecule has 0 aliphatic heterocycles. The molecule has 7 nitrogen and oxygen atoms in total. The predicted octanol–water partition coefficient (Wildman–Crippen LogP) is 4.51. The van der Waals surface area contributed by atoms with E-state index in [4.69, 9.17) is 21.9 Å². The van der Waals surface area contributed by atoms with Crippen molar-refractivity contribution in [2.75, 3.05) is 5.73 Å². The second-order valence-corrected chi connectivity index (χ2v) is 6.30. The van der Waals surface area contributed by atoms with E-state index < -0.39 is 11.9 Å². The van der Waals surface area contributed by atoms with Gasteiger partial charge < -0.3 is 10.3 Å². The Balaban J connectivity index is 1.80. The lowest BCUT2D eigenvalue weighted by Crippen LogP contribution is -2.10. The molecule has 0 fully saturated rings. The average molecular weight is 419 g/mol. The van der Waals surface area contributed by atoms with Gasteiger partial charge in [0.2, 0.25) is 11.6 Å². The molecule has 0 atom stereocenters. The van der Waals surface area contributed by atoms with Gasteiger partial charge in [0.25, 0.3) is 5.89 Å². The average Bonchev–Trinajstić information content (AvgIpc) is 3.18. The van der Waals surface area contributed by atoms with Crippen LogP contribution in [0.5, 0.6) is 0 Å². The molecule has 3 heterocycles. The van der Waals surface area contributed by atoms with Crippen molar-refractivity contribution in [3.63, 3.8) is 0 Å². The van der Waals surface area contributed by atoms with E-state index in [0.29, 0.717) is 22.0 Å². The number of benzene rings is 1. The standard InChI is InChI=1S/C18H10ClF3N6O/c19-11-4-1-9(2-5-11)12-7-13(18(20,21)22)26-15(25-12)16-27-17(29-28-16)10-3-6-14(23)24-8-10/h1-8H,(H2,23,24). The zero-order valence-corrected chi connectivity index (χ0v) is 15.1. The van der Waals surface area contributed by atoms with E-state index in [0.717, 1.165) is 6.07 Å². The summed E-state index contributed by atoms with van der Waals surface area (Å²) in [5.41, 5.74) is 5.31. The summed E-state index contributed by atoms with van der Waals surface area (Å²) in [7, 11) is 0. The third-order valence-electron chi connectivity index (χ3n) is 3.82. The Bertz CT molecular complexity index is 1160. The Hall–Kier alpha value is -3.53. The highest BCUT2D eigenvalue weighted by Gasteiger charge is 2.34. The molecule has 2 N–H and O–H groups in total. The number of pyridine rings is 1. The zero-order chi connectivity index (χ0) is 20.6. The number of rotatable bonds is 3. The lowest BCUT2D eigenvalue weighted by molar-refractivity contribution is -0.141. The molecule has 0 bridgehead atoms. The lowest BCUT2D eigenvalue weighted by atomic mass is 10.1. The number of halogens is 4. The minimum absolute atomic E-state index is 0.0412. The van der Waals surface area contributed by atoms with Crippen molar-refractivity contribution in [1.29, 1.82) is 0 Å². The van der Waals surface area contributed by atoms with Crippen LogP contribution in [-0.2, 0) is 6.18 Å². The summed E-state index contributed by atoms with van der Waals surface area (Å²) >= 11 is 5.84. The smallest absolute Gasteiger partial charge is 0.384 e. The van der Waals surface area contributed by atoms with Crippen molar-refractivity contribution in [2.45, 2.75) is 6.18 Å². The molecular weight excluding hydrogens is 409 g/mol. The van der Waals surface area contributed by atoms with Gasteiger partial charge >= 0.3 is 6.18 Å².